The first kappa shape index (κ1) is 14.0. The van der Waals surface area contributed by atoms with E-state index in [0.717, 1.165) is 17.1 Å². The Bertz CT molecular complexity index is 809. The Hall–Kier alpha value is -2.95. The summed E-state index contributed by atoms with van der Waals surface area (Å²) in [5.41, 5.74) is 3.10. The first-order valence-corrected chi connectivity index (χ1v) is 7.00. The van der Waals surface area contributed by atoms with Crippen molar-refractivity contribution < 1.29 is 4.79 Å². The predicted molar refractivity (Wildman–Crippen MR) is 85.2 cm³/mol. The van der Waals surface area contributed by atoms with Gasteiger partial charge in [-0.2, -0.15) is 5.10 Å². The summed E-state index contributed by atoms with van der Waals surface area (Å²) in [5.74, 6) is 0.328. The number of aryl methyl sites for hydroxylation is 1. The summed E-state index contributed by atoms with van der Waals surface area (Å²) in [6.07, 6.45) is 1.58. The SMILES string of the molecule is Cc1cccc(NC(=O)c2cnn(-c3ccccc3)c2C)n1. The molecule has 0 unspecified atom stereocenters. The summed E-state index contributed by atoms with van der Waals surface area (Å²) in [5, 5.41) is 7.10. The van der Waals surface area contributed by atoms with E-state index in [2.05, 4.69) is 15.4 Å². The molecule has 5 nitrogen and oxygen atoms in total. The molecule has 2 aromatic heterocycles. The standard InChI is InChI=1S/C17H16N4O/c1-12-7-6-10-16(19-12)20-17(22)15-11-18-21(13(15)2)14-8-4-3-5-9-14/h3-11H,1-2H3,(H,19,20,22). The lowest BCUT2D eigenvalue weighted by atomic mass is 10.2. The molecule has 22 heavy (non-hydrogen) atoms. The van der Waals surface area contributed by atoms with Crippen LogP contribution in [0, 0.1) is 13.8 Å². The van der Waals surface area contributed by atoms with Gasteiger partial charge in [0.25, 0.3) is 5.91 Å². The van der Waals surface area contributed by atoms with Crippen molar-refractivity contribution in [2.75, 3.05) is 5.32 Å². The van der Waals surface area contributed by atoms with Gasteiger partial charge in [-0.1, -0.05) is 24.3 Å². The van der Waals surface area contributed by atoms with Crippen LogP contribution in [0.5, 0.6) is 0 Å². The summed E-state index contributed by atoms with van der Waals surface area (Å²) in [6, 6.07) is 15.2. The molecule has 0 aliphatic rings. The van der Waals surface area contributed by atoms with Crippen LogP contribution in [0.25, 0.3) is 5.69 Å². The highest BCUT2D eigenvalue weighted by atomic mass is 16.1. The lowest BCUT2D eigenvalue weighted by Gasteiger charge is -2.06. The van der Waals surface area contributed by atoms with Crippen LogP contribution in [-0.2, 0) is 0 Å². The predicted octanol–water partition coefficient (Wildman–Crippen LogP) is 3.14. The molecular formula is C17H16N4O. The van der Waals surface area contributed by atoms with Crippen molar-refractivity contribution in [3.63, 3.8) is 0 Å². The summed E-state index contributed by atoms with van der Waals surface area (Å²) in [6.45, 7) is 3.76. The lowest BCUT2D eigenvalue weighted by molar-refractivity contribution is 0.102. The molecular weight excluding hydrogens is 276 g/mol. The van der Waals surface area contributed by atoms with E-state index in [1.165, 1.54) is 0 Å². The van der Waals surface area contributed by atoms with Crippen LogP contribution in [0.4, 0.5) is 5.82 Å². The topological polar surface area (TPSA) is 59.8 Å². The van der Waals surface area contributed by atoms with Gasteiger partial charge < -0.3 is 5.32 Å². The molecule has 3 aromatic rings. The van der Waals surface area contributed by atoms with Gasteiger partial charge in [-0.3, -0.25) is 4.79 Å². The first-order valence-electron chi connectivity index (χ1n) is 7.00. The normalized spacial score (nSPS) is 10.5. The van der Waals surface area contributed by atoms with Crippen molar-refractivity contribution in [1.29, 1.82) is 0 Å². The third kappa shape index (κ3) is 2.74. The van der Waals surface area contributed by atoms with E-state index in [1.807, 2.05) is 56.3 Å². The van der Waals surface area contributed by atoms with Gasteiger partial charge in [0.05, 0.1) is 23.1 Å². The van der Waals surface area contributed by atoms with Gasteiger partial charge in [0.1, 0.15) is 5.82 Å². The number of aromatic nitrogens is 3. The van der Waals surface area contributed by atoms with E-state index in [9.17, 15) is 4.79 Å². The molecule has 1 N–H and O–H groups in total. The van der Waals surface area contributed by atoms with Crippen molar-refractivity contribution in [1.82, 2.24) is 14.8 Å². The van der Waals surface area contributed by atoms with Crippen molar-refractivity contribution in [2.24, 2.45) is 0 Å². The maximum Gasteiger partial charge on any atom is 0.260 e. The monoisotopic (exact) mass is 292 g/mol. The molecule has 0 saturated heterocycles. The second-order valence-electron chi connectivity index (χ2n) is 5.01. The van der Waals surface area contributed by atoms with Gasteiger partial charge in [0, 0.05) is 5.69 Å². The average Bonchev–Trinajstić information content (AvgIpc) is 2.90. The molecule has 0 aliphatic heterocycles. The molecule has 0 saturated carbocycles. The van der Waals surface area contributed by atoms with Crippen LogP contribution in [0.15, 0.2) is 54.7 Å². The summed E-state index contributed by atoms with van der Waals surface area (Å²) in [4.78, 5) is 16.7. The van der Waals surface area contributed by atoms with Gasteiger partial charge in [-0.25, -0.2) is 9.67 Å². The summed E-state index contributed by atoms with van der Waals surface area (Å²) in [7, 11) is 0. The highest BCUT2D eigenvalue weighted by Gasteiger charge is 2.15. The molecule has 110 valence electrons. The Kier molecular flexibility index (Phi) is 3.70. The zero-order valence-electron chi connectivity index (χ0n) is 12.4. The van der Waals surface area contributed by atoms with E-state index < -0.39 is 0 Å². The number of carbonyl (C=O) groups is 1. The Morgan fingerprint density at radius 2 is 1.82 bits per heavy atom. The van der Waals surface area contributed by atoms with E-state index in [1.54, 1.807) is 16.9 Å². The van der Waals surface area contributed by atoms with Crippen molar-refractivity contribution in [2.45, 2.75) is 13.8 Å². The second kappa shape index (κ2) is 5.81. The Labute approximate surface area is 128 Å². The number of benzene rings is 1. The van der Waals surface area contributed by atoms with Gasteiger partial charge in [0.15, 0.2) is 0 Å². The fourth-order valence-electron chi connectivity index (χ4n) is 2.26. The van der Waals surface area contributed by atoms with Gasteiger partial charge >= 0.3 is 0 Å². The van der Waals surface area contributed by atoms with Crippen molar-refractivity contribution >= 4 is 11.7 Å². The highest BCUT2D eigenvalue weighted by molar-refractivity contribution is 6.04. The fraction of sp³-hybridized carbons (Fsp3) is 0.118. The van der Waals surface area contributed by atoms with Crippen molar-refractivity contribution in [3.8, 4) is 5.69 Å². The van der Waals surface area contributed by atoms with Crippen LogP contribution in [-0.4, -0.2) is 20.7 Å². The smallest absolute Gasteiger partial charge is 0.260 e. The third-order valence-electron chi connectivity index (χ3n) is 3.39. The molecule has 1 amide bonds. The molecule has 5 heteroatoms. The number of anilines is 1. The van der Waals surface area contributed by atoms with Crippen LogP contribution in [0.1, 0.15) is 21.7 Å². The van der Waals surface area contributed by atoms with Crippen LogP contribution >= 0.6 is 0 Å². The molecule has 0 radical (unpaired) electrons. The minimum absolute atomic E-state index is 0.210. The van der Waals surface area contributed by atoms with E-state index in [0.29, 0.717) is 11.4 Å². The van der Waals surface area contributed by atoms with Gasteiger partial charge in [0.2, 0.25) is 0 Å². The zero-order valence-corrected chi connectivity index (χ0v) is 12.4. The maximum absolute atomic E-state index is 12.4. The second-order valence-corrected chi connectivity index (χ2v) is 5.01. The third-order valence-corrected chi connectivity index (χ3v) is 3.39. The van der Waals surface area contributed by atoms with Crippen molar-refractivity contribution in [3.05, 3.63) is 71.7 Å². The molecule has 3 rings (SSSR count). The number of amides is 1. The first-order chi connectivity index (χ1) is 10.6. The maximum atomic E-state index is 12.4. The number of para-hydroxylation sites is 1. The zero-order chi connectivity index (χ0) is 15.5. The van der Waals surface area contributed by atoms with E-state index in [-0.39, 0.29) is 5.91 Å². The lowest BCUT2D eigenvalue weighted by Crippen LogP contribution is -2.14. The number of rotatable bonds is 3. The van der Waals surface area contributed by atoms with E-state index in [4.69, 9.17) is 0 Å². The molecule has 0 spiro atoms. The largest absolute Gasteiger partial charge is 0.306 e. The van der Waals surface area contributed by atoms with E-state index >= 15 is 0 Å². The van der Waals surface area contributed by atoms with Crippen LogP contribution in [0.2, 0.25) is 0 Å². The molecule has 0 atom stereocenters. The summed E-state index contributed by atoms with van der Waals surface area (Å²) >= 11 is 0. The minimum Gasteiger partial charge on any atom is -0.306 e. The average molecular weight is 292 g/mol. The molecule has 0 fully saturated rings. The molecule has 2 heterocycles. The Morgan fingerprint density at radius 1 is 1.05 bits per heavy atom. The number of carbonyl (C=O) groups excluding carboxylic acids is 1. The van der Waals surface area contributed by atoms with Crippen LogP contribution in [0.3, 0.4) is 0 Å². The van der Waals surface area contributed by atoms with Gasteiger partial charge in [-0.15, -0.1) is 0 Å². The summed E-state index contributed by atoms with van der Waals surface area (Å²) < 4.78 is 1.75. The molecule has 0 aliphatic carbocycles. The Morgan fingerprint density at radius 3 is 2.55 bits per heavy atom. The highest BCUT2D eigenvalue weighted by Crippen LogP contribution is 2.15. The Balaban J connectivity index is 1.87. The number of pyridine rings is 1. The minimum atomic E-state index is -0.210. The van der Waals surface area contributed by atoms with Crippen LogP contribution < -0.4 is 5.32 Å². The number of nitrogens with one attached hydrogen (secondary N) is 1. The number of hydrogen-bond acceptors (Lipinski definition) is 3. The number of nitrogens with zero attached hydrogens (tertiary/aromatic N) is 3. The quantitative estimate of drug-likeness (QED) is 0.806. The molecule has 1 aromatic carbocycles. The molecule has 0 bridgehead atoms. The fourth-order valence-corrected chi connectivity index (χ4v) is 2.26. The number of hydrogen-bond donors (Lipinski definition) is 1. The van der Waals surface area contributed by atoms with Gasteiger partial charge in [-0.05, 0) is 38.1 Å².